The average Bonchev–Trinajstić information content (AvgIpc) is 2.56. The van der Waals surface area contributed by atoms with Crippen LogP contribution in [0.4, 0.5) is 4.79 Å². The van der Waals surface area contributed by atoms with E-state index in [2.05, 4.69) is 10.7 Å². The smallest absolute Gasteiger partial charge is 0.275 e. The Morgan fingerprint density at radius 2 is 2.00 bits per heavy atom. The third kappa shape index (κ3) is 2.32. The minimum absolute atomic E-state index is 0.0751. The normalized spacial score (nSPS) is 15.6. The van der Waals surface area contributed by atoms with Gasteiger partial charge in [-0.05, 0) is 5.56 Å². The Morgan fingerprint density at radius 1 is 1.27 bits per heavy atom. The fraction of sp³-hybridized carbons (Fsp3) is 0.200. The molecule has 0 saturated carbocycles. The largest absolute Gasteiger partial charge is 0.338 e. The summed E-state index contributed by atoms with van der Waals surface area (Å²) in [6.45, 7) is 0.604. The number of amides is 3. The number of benzene rings is 1. The van der Waals surface area contributed by atoms with Gasteiger partial charge in [-0.15, -0.1) is 0 Å². The molecule has 1 aromatic carbocycles. The molecule has 1 aliphatic rings. The number of hydrogen-bond donors (Lipinski definition) is 2. The van der Waals surface area contributed by atoms with E-state index >= 15 is 0 Å². The third-order valence-corrected chi connectivity index (χ3v) is 2.11. The maximum atomic E-state index is 11.1. The van der Waals surface area contributed by atoms with Crippen LogP contribution in [0.15, 0.2) is 30.3 Å². The van der Waals surface area contributed by atoms with Gasteiger partial charge < -0.3 is 0 Å². The van der Waals surface area contributed by atoms with Crippen LogP contribution < -0.4 is 10.7 Å². The maximum absolute atomic E-state index is 11.1. The molecule has 1 saturated heterocycles. The highest BCUT2D eigenvalue weighted by Gasteiger charge is 2.25. The molecule has 0 atom stereocenters. The lowest BCUT2D eigenvalue weighted by Crippen LogP contribution is -2.39. The zero-order valence-corrected chi connectivity index (χ0v) is 8.06. The lowest BCUT2D eigenvalue weighted by Gasteiger charge is -2.14. The van der Waals surface area contributed by atoms with E-state index in [1.807, 2.05) is 30.3 Å². The Kier molecular flexibility index (Phi) is 2.64. The highest BCUT2D eigenvalue weighted by atomic mass is 16.2. The molecule has 2 rings (SSSR count). The van der Waals surface area contributed by atoms with E-state index in [9.17, 15) is 9.59 Å². The zero-order chi connectivity index (χ0) is 10.7. The van der Waals surface area contributed by atoms with E-state index in [1.54, 1.807) is 0 Å². The molecule has 78 valence electrons. The van der Waals surface area contributed by atoms with Gasteiger partial charge in [-0.2, -0.15) is 0 Å². The molecule has 0 radical (unpaired) electrons. The van der Waals surface area contributed by atoms with Gasteiger partial charge in [0.25, 0.3) is 0 Å². The van der Waals surface area contributed by atoms with Crippen molar-refractivity contribution in [2.24, 2.45) is 0 Å². The molecule has 0 spiro atoms. The van der Waals surface area contributed by atoms with Crippen molar-refractivity contribution in [2.45, 2.75) is 6.54 Å². The molecule has 1 aliphatic heterocycles. The van der Waals surface area contributed by atoms with Crippen LogP contribution in [-0.4, -0.2) is 23.5 Å². The molecule has 0 aromatic heterocycles. The van der Waals surface area contributed by atoms with Crippen molar-refractivity contribution in [2.75, 3.05) is 6.54 Å². The summed E-state index contributed by atoms with van der Waals surface area (Å²) in [5.41, 5.74) is 3.94. The second-order valence-corrected chi connectivity index (χ2v) is 3.26. The third-order valence-electron chi connectivity index (χ3n) is 2.11. The fourth-order valence-electron chi connectivity index (χ4n) is 1.35. The van der Waals surface area contributed by atoms with Gasteiger partial charge in [-0.1, -0.05) is 30.3 Å². The molecule has 3 amide bonds. The number of hydrogen-bond acceptors (Lipinski definition) is 3. The highest BCUT2D eigenvalue weighted by Crippen LogP contribution is 2.00. The first-order valence-electron chi connectivity index (χ1n) is 4.64. The molecule has 1 heterocycles. The van der Waals surface area contributed by atoms with Gasteiger partial charge in [0, 0.05) is 6.54 Å². The summed E-state index contributed by atoms with van der Waals surface area (Å²) in [4.78, 5) is 22.0. The Hall–Kier alpha value is -1.88. The summed E-state index contributed by atoms with van der Waals surface area (Å²) in [6.07, 6.45) is 0. The van der Waals surface area contributed by atoms with Crippen molar-refractivity contribution in [3.8, 4) is 0 Å². The van der Waals surface area contributed by atoms with Crippen molar-refractivity contribution in [1.82, 2.24) is 15.8 Å². The first-order chi connectivity index (χ1) is 7.25. The molecular weight excluding hydrogens is 194 g/mol. The summed E-state index contributed by atoms with van der Waals surface area (Å²) in [7, 11) is 0. The second-order valence-electron chi connectivity index (χ2n) is 3.26. The van der Waals surface area contributed by atoms with Gasteiger partial charge in [0.15, 0.2) is 0 Å². The maximum Gasteiger partial charge on any atom is 0.338 e. The molecule has 5 nitrogen and oxygen atoms in total. The molecule has 1 fully saturated rings. The summed E-state index contributed by atoms with van der Waals surface area (Å²) in [5.74, 6) is -0.277. The molecule has 0 aliphatic carbocycles. The molecular formula is C10H11N3O2. The molecule has 0 unspecified atom stereocenters. The predicted molar refractivity (Wildman–Crippen MR) is 53.5 cm³/mol. The number of carbonyl (C=O) groups excluding carboxylic acids is 2. The van der Waals surface area contributed by atoms with Gasteiger partial charge in [-0.3, -0.25) is 10.1 Å². The van der Waals surface area contributed by atoms with Crippen LogP contribution in [-0.2, 0) is 11.3 Å². The number of hydrazine groups is 1. The van der Waals surface area contributed by atoms with Gasteiger partial charge in [0.05, 0.1) is 0 Å². The second kappa shape index (κ2) is 4.10. The van der Waals surface area contributed by atoms with Gasteiger partial charge >= 0.3 is 6.03 Å². The number of nitrogens with one attached hydrogen (secondary N) is 2. The van der Waals surface area contributed by atoms with Crippen molar-refractivity contribution < 1.29 is 9.59 Å². The quantitative estimate of drug-likeness (QED) is 0.695. The molecule has 15 heavy (non-hydrogen) atoms. The number of carbonyl (C=O) groups is 2. The van der Waals surface area contributed by atoms with Gasteiger partial charge in [0.1, 0.15) is 6.54 Å². The zero-order valence-electron chi connectivity index (χ0n) is 8.06. The lowest BCUT2D eigenvalue weighted by molar-refractivity contribution is -0.118. The number of imide groups is 1. The topological polar surface area (TPSA) is 61.4 Å². The predicted octanol–water partition coefficient (Wildman–Crippen LogP) is 0.243. The summed E-state index contributed by atoms with van der Waals surface area (Å²) < 4.78 is 0. The van der Waals surface area contributed by atoms with E-state index in [1.165, 1.54) is 5.01 Å². The fourth-order valence-corrected chi connectivity index (χ4v) is 1.35. The Bertz CT molecular complexity index is 378. The van der Waals surface area contributed by atoms with Gasteiger partial charge in [-0.25, -0.2) is 15.2 Å². The molecule has 1 aromatic rings. The van der Waals surface area contributed by atoms with E-state index in [0.717, 1.165) is 5.56 Å². The van der Waals surface area contributed by atoms with Crippen LogP contribution in [0.25, 0.3) is 0 Å². The summed E-state index contributed by atoms with van der Waals surface area (Å²) in [5, 5.41) is 3.46. The van der Waals surface area contributed by atoms with Crippen LogP contribution in [0, 0.1) is 0 Å². The van der Waals surface area contributed by atoms with E-state index in [4.69, 9.17) is 0 Å². The van der Waals surface area contributed by atoms with Crippen molar-refractivity contribution in [1.29, 1.82) is 0 Å². The van der Waals surface area contributed by atoms with Crippen LogP contribution >= 0.6 is 0 Å². The van der Waals surface area contributed by atoms with Crippen LogP contribution in [0.5, 0.6) is 0 Å². The molecule has 0 bridgehead atoms. The van der Waals surface area contributed by atoms with Crippen molar-refractivity contribution in [3.05, 3.63) is 35.9 Å². The monoisotopic (exact) mass is 205 g/mol. The Morgan fingerprint density at radius 3 is 2.60 bits per heavy atom. The number of urea groups is 1. The first-order valence-corrected chi connectivity index (χ1v) is 4.64. The minimum atomic E-state index is -0.393. The van der Waals surface area contributed by atoms with Crippen LogP contribution in [0.2, 0.25) is 0 Å². The highest BCUT2D eigenvalue weighted by molar-refractivity contribution is 6.01. The van der Waals surface area contributed by atoms with Crippen molar-refractivity contribution in [3.63, 3.8) is 0 Å². The first kappa shape index (κ1) is 9.67. The number of nitrogens with zero attached hydrogens (tertiary/aromatic N) is 1. The Labute approximate surface area is 87.0 Å². The van der Waals surface area contributed by atoms with Crippen molar-refractivity contribution >= 4 is 11.9 Å². The van der Waals surface area contributed by atoms with Crippen LogP contribution in [0.1, 0.15) is 5.56 Å². The SMILES string of the molecule is O=C1CN(NCc2ccccc2)C(=O)N1. The average molecular weight is 205 g/mol. The van der Waals surface area contributed by atoms with E-state index in [-0.39, 0.29) is 12.5 Å². The lowest BCUT2D eigenvalue weighted by atomic mass is 10.2. The van der Waals surface area contributed by atoms with Gasteiger partial charge in [0.2, 0.25) is 5.91 Å². The summed E-state index contributed by atoms with van der Waals surface area (Å²) >= 11 is 0. The Balaban J connectivity index is 1.89. The van der Waals surface area contributed by atoms with E-state index in [0.29, 0.717) is 6.54 Å². The van der Waals surface area contributed by atoms with Crippen LogP contribution in [0.3, 0.4) is 0 Å². The standard InChI is InChI=1S/C10H11N3O2/c14-9-7-13(10(15)12-9)11-6-8-4-2-1-3-5-8/h1-5,11H,6-7H2,(H,12,14,15). The molecule has 2 N–H and O–H groups in total. The summed E-state index contributed by atoms with van der Waals surface area (Å²) in [6, 6.07) is 9.27. The van der Waals surface area contributed by atoms with E-state index < -0.39 is 6.03 Å². The molecule has 5 heteroatoms. The number of rotatable bonds is 3. The minimum Gasteiger partial charge on any atom is -0.275 e.